The third-order valence-corrected chi connectivity index (χ3v) is 2.41. The molecule has 0 aliphatic carbocycles. The molecule has 1 saturated heterocycles. The van der Waals surface area contributed by atoms with Crippen molar-refractivity contribution in [3.05, 3.63) is 0 Å². The topological polar surface area (TPSA) is 44.5 Å². The van der Waals surface area contributed by atoms with Crippen molar-refractivity contribution in [1.82, 2.24) is 0 Å². The minimum absolute atomic E-state index is 0.169. The number of ether oxygens (including phenoxy) is 2. The fourth-order valence-corrected chi connectivity index (χ4v) is 1.84. The van der Waals surface area contributed by atoms with Crippen LogP contribution in [0.2, 0.25) is 0 Å². The highest BCUT2D eigenvalue weighted by molar-refractivity contribution is 4.74. The van der Waals surface area contributed by atoms with Crippen LogP contribution in [0.25, 0.3) is 0 Å². The lowest BCUT2D eigenvalue weighted by molar-refractivity contribution is -0.116. The van der Waals surface area contributed by atoms with Gasteiger partial charge in [-0.3, -0.25) is 0 Å². The molecule has 0 saturated carbocycles. The van der Waals surface area contributed by atoms with Crippen LogP contribution in [-0.4, -0.2) is 31.0 Å². The summed E-state index contributed by atoms with van der Waals surface area (Å²) in [6.07, 6.45) is 3.13. The van der Waals surface area contributed by atoms with E-state index in [1.165, 1.54) is 0 Å². The molecule has 0 radical (unpaired) electrons. The Kier molecular flexibility index (Phi) is 4.16. The third-order valence-electron chi connectivity index (χ3n) is 2.41. The van der Waals surface area contributed by atoms with E-state index in [9.17, 15) is 0 Å². The Hall–Kier alpha value is -0.120. The third kappa shape index (κ3) is 3.63. The van der Waals surface area contributed by atoms with E-state index in [0.717, 1.165) is 12.8 Å². The average molecular weight is 187 g/mol. The minimum atomic E-state index is 0.169. The summed E-state index contributed by atoms with van der Waals surface area (Å²) >= 11 is 0. The van der Waals surface area contributed by atoms with E-state index < -0.39 is 0 Å². The summed E-state index contributed by atoms with van der Waals surface area (Å²) in [6, 6.07) is 0. The van der Waals surface area contributed by atoms with Gasteiger partial charge >= 0.3 is 0 Å². The van der Waals surface area contributed by atoms with Gasteiger partial charge in [0.1, 0.15) is 0 Å². The van der Waals surface area contributed by atoms with Gasteiger partial charge in [-0.2, -0.15) is 0 Å². The fourth-order valence-electron chi connectivity index (χ4n) is 1.84. The zero-order valence-electron chi connectivity index (χ0n) is 8.82. The van der Waals surface area contributed by atoms with Gasteiger partial charge in [0.25, 0.3) is 0 Å². The lowest BCUT2D eigenvalue weighted by atomic mass is 10.0. The Labute approximate surface area is 80.6 Å². The molecule has 0 bridgehead atoms. The van der Waals surface area contributed by atoms with Crippen LogP contribution in [0, 0.1) is 0 Å². The highest BCUT2D eigenvalue weighted by Crippen LogP contribution is 2.22. The van der Waals surface area contributed by atoms with Crippen LogP contribution in [0.3, 0.4) is 0 Å². The van der Waals surface area contributed by atoms with Crippen molar-refractivity contribution < 1.29 is 9.47 Å². The molecule has 13 heavy (non-hydrogen) atoms. The second-order valence-electron chi connectivity index (χ2n) is 4.03. The summed E-state index contributed by atoms with van der Waals surface area (Å²) < 4.78 is 11.4. The Morgan fingerprint density at radius 1 is 1.38 bits per heavy atom. The molecule has 0 aromatic rings. The maximum atomic E-state index is 5.78. The van der Waals surface area contributed by atoms with Crippen LogP contribution in [0.1, 0.15) is 33.6 Å². The Morgan fingerprint density at radius 3 is 2.38 bits per heavy atom. The van der Waals surface area contributed by atoms with E-state index in [-0.39, 0.29) is 6.10 Å². The molecule has 2 N–H and O–H groups in total. The zero-order valence-corrected chi connectivity index (χ0v) is 8.82. The molecule has 1 aliphatic heterocycles. The van der Waals surface area contributed by atoms with E-state index in [1.54, 1.807) is 0 Å². The number of hydrogen-bond donors (Lipinski definition) is 1. The van der Waals surface area contributed by atoms with Crippen molar-refractivity contribution in [2.24, 2.45) is 5.73 Å². The Bertz CT molecular complexity index is 142. The van der Waals surface area contributed by atoms with Gasteiger partial charge in [-0.05, 0) is 33.6 Å². The molecule has 1 aliphatic rings. The first-order valence-electron chi connectivity index (χ1n) is 5.12. The second-order valence-corrected chi connectivity index (χ2v) is 4.03. The molecule has 1 fully saturated rings. The van der Waals surface area contributed by atoms with E-state index >= 15 is 0 Å². The predicted octanol–water partition coefficient (Wildman–Crippen LogP) is 1.31. The normalized spacial score (nSPS) is 37.4. The molecule has 0 aromatic carbocycles. The van der Waals surface area contributed by atoms with Crippen LogP contribution in [0.5, 0.6) is 0 Å². The van der Waals surface area contributed by atoms with E-state index in [4.69, 9.17) is 15.2 Å². The first-order chi connectivity index (χ1) is 6.11. The summed E-state index contributed by atoms with van der Waals surface area (Å²) in [5.74, 6) is 0. The van der Waals surface area contributed by atoms with Crippen LogP contribution >= 0.6 is 0 Å². The molecule has 1 rings (SSSR count). The molecule has 0 amide bonds. The van der Waals surface area contributed by atoms with Gasteiger partial charge in [0.15, 0.2) is 0 Å². The van der Waals surface area contributed by atoms with Gasteiger partial charge in [0.2, 0.25) is 0 Å². The molecule has 78 valence electrons. The lowest BCUT2D eigenvalue weighted by Crippen LogP contribution is -2.37. The molecule has 0 aromatic heterocycles. The van der Waals surface area contributed by atoms with Crippen molar-refractivity contribution in [3.8, 4) is 0 Å². The molecular formula is C10H21NO2. The van der Waals surface area contributed by atoms with Crippen molar-refractivity contribution in [2.45, 2.75) is 58.0 Å². The van der Waals surface area contributed by atoms with Gasteiger partial charge in [-0.25, -0.2) is 0 Å². The fraction of sp³-hybridized carbons (Fsp3) is 1.00. The quantitative estimate of drug-likeness (QED) is 0.724. The molecule has 4 atom stereocenters. The predicted molar refractivity (Wildman–Crippen MR) is 52.6 cm³/mol. The SMILES string of the molecule is CC(CN)OC1C[C@@H](C)O[C@@H](C)C1. The van der Waals surface area contributed by atoms with E-state index in [0.29, 0.717) is 24.9 Å². The zero-order chi connectivity index (χ0) is 9.84. The molecular weight excluding hydrogens is 166 g/mol. The first kappa shape index (κ1) is 11.0. The molecule has 0 spiro atoms. The van der Waals surface area contributed by atoms with Crippen LogP contribution in [0.4, 0.5) is 0 Å². The average Bonchev–Trinajstić information content (AvgIpc) is 2.02. The second kappa shape index (κ2) is 4.94. The largest absolute Gasteiger partial charge is 0.375 e. The van der Waals surface area contributed by atoms with Crippen molar-refractivity contribution in [2.75, 3.05) is 6.54 Å². The van der Waals surface area contributed by atoms with Gasteiger partial charge in [-0.1, -0.05) is 0 Å². The van der Waals surface area contributed by atoms with Crippen LogP contribution in [-0.2, 0) is 9.47 Å². The molecule has 3 nitrogen and oxygen atoms in total. The molecule has 2 unspecified atom stereocenters. The van der Waals surface area contributed by atoms with E-state index in [1.807, 2.05) is 6.92 Å². The summed E-state index contributed by atoms with van der Waals surface area (Å²) in [5.41, 5.74) is 5.50. The Balaban J connectivity index is 2.32. The highest BCUT2D eigenvalue weighted by atomic mass is 16.5. The lowest BCUT2D eigenvalue weighted by Gasteiger charge is -2.33. The van der Waals surface area contributed by atoms with Crippen LogP contribution in [0.15, 0.2) is 0 Å². The summed E-state index contributed by atoms with van der Waals surface area (Å²) in [5, 5.41) is 0. The maximum absolute atomic E-state index is 5.78. The van der Waals surface area contributed by atoms with E-state index in [2.05, 4.69) is 13.8 Å². The van der Waals surface area contributed by atoms with Crippen LogP contribution < -0.4 is 5.73 Å². The first-order valence-corrected chi connectivity index (χ1v) is 5.12. The molecule has 3 heteroatoms. The minimum Gasteiger partial charge on any atom is -0.375 e. The molecule has 1 heterocycles. The van der Waals surface area contributed by atoms with Crippen molar-refractivity contribution in [3.63, 3.8) is 0 Å². The highest BCUT2D eigenvalue weighted by Gasteiger charge is 2.25. The maximum Gasteiger partial charge on any atom is 0.0672 e. The van der Waals surface area contributed by atoms with Gasteiger partial charge in [-0.15, -0.1) is 0 Å². The van der Waals surface area contributed by atoms with Gasteiger partial charge < -0.3 is 15.2 Å². The van der Waals surface area contributed by atoms with Crippen molar-refractivity contribution in [1.29, 1.82) is 0 Å². The van der Waals surface area contributed by atoms with Gasteiger partial charge in [0, 0.05) is 6.54 Å². The monoisotopic (exact) mass is 187 g/mol. The summed E-state index contributed by atoms with van der Waals surface area (Å²) in [4.78, 5) is 0. The Morgan fingerprint density at radius 2 is 1.92 bits per heavy atom. The summed E-state index contributed by atoms with van der Waals surface area (Å²) in [7, 11) is 0. The number of rotatable bonds is 3. The number of nitrogens with two attached hydrogens (primary N) is 1. The number of hydrogen-bond acceptors (Lipinski definition) is 3. The standard InChI is InChI=1S/C10H21NO2/c1-7-4-10(5-8(2)12-7)13-9(3)6-11/h7-10H,4-6,11H2,1-3H3/t7-,8+,9?,10?. The van der Waals surface area contributed by atoms with Gasteiger partial charge in [0.05, 0.1) is 24.4 Å². The summed E-state index contributed by atoms with van der Waals surface area (Å²) in [6.45, 7) is 6.81. The smallest absolute Gasteiger partial charge is 0.0672 e. The van der Waals surface area contributed by atoms with Crippen molar-refractivity contribution >= 4 is 0 Å².